The second-order valence-electron chi connectivity index (χ2n) is 6.92. The van der Waals surface area contributed by atoms with E-state index in [4.69, 9.17) is 38.4 Å². The Bertz CT molecular complexity index is 683. The van der Waals surface area contributed by atoms with E-state index in [1.165, 1.54) is 12.1 Å². The molecular formula is C17H19Cl2FN2O4. The Balaban J connectivity index is 1.40. The van der Waals surface area contributed by atoms with Crippen molar-refractivity contribution in [2.24, 2.45) is 11.7 Å². The van der Waals surface area contributed by atoms with E-state index < -0.39 is 11.4 Å². The van der Waals surface area contributed by atoms with Gasteiger partial charge in [-0.2, -0.15) is 0 Å². The van der Waals surface area contributed by atoms with E-state index in [1.807, 2.05) is 0 Å². The van der Waals surface area contributed by atoms with Crippen molar-refractivity contribution in [1.29, 1.82) is 0 Å². The minimum absolute atomic E-state index is 0.0460. The van der Waals surface area contributed by atoms with Crippen LogP contribution < -0.4 is 5.73 Å². The van der Waals surface area contributed by atoms with Gasteiger partial charge in [0.15, 0.2) is 5.82 Å². The standard InChI is InChI=1S/C17H19Cl2FN2O4/c18-13-1-10(2-14(19)15(13)20)7-26-12-5-22(6-12)16(24)11-3-17(21,4-11)8-25-9-23/h1-2,9,11-12H,3-8,21H2. The van der Waals surface area contributed by atoms with Crippen molar-refractivity contribution in [3.05, 3.63) is 33.6 Å². The summed E-state index contributed by atoms with van der Waals surface area (Å²) in [4.78, 5) is 24.3. The second-order valence-corrected chi connectivity index (χ2v) is 7.74. The minimum atomic E-state index is -0.646. The van der Waals surface area contributed by atoms with Gasteiger partial charge in [0.05, 0.1) is 28.3 Å². The maximum absolute atomic E-state index is 13.4. The fourth-order valence-corrected chi connectivity index (χ4v) is 3.83. The lowest BCUT2D eigenvalue weighted by atomic mass is 9.68. The molecule has 0 bridgehead atoms. The molecule has 2 N–H and O–H groups in total. The number of carbonyl (C=O) groups is 2. The van der Waals surface area contributed by atoms with Crippen LogP contribution in [0, 0.1) is 11.7 Å². The predicted octanol–water partition coefficient (Wildman–Crippen LogP) is 2.14. The Kier molecular flexibility index (Phi) is 5.72. The maximum Gasteiger partial charge on any atom is 0.293 e. The van der Waals surface area contributed by atoms with Crippen LogP contribution in [-0.4, -0.2) is 48.6 Å². The van der Waals surface area contributed by atoms with Crippen molar-refractivity contribution >= 4 is 35.6 Å². The van der Waals surface area contributed by atoms with Crippen molar-refractivity contribution < 1.29 is 23.5 Å². The Morgan fingerprint density at radius 3 is 2.54 bits per heavy atom. The number of benzene rings is 1. The van der Waals surface area contributed by atoms with Crippen LogP contribution in [0.1, 0.15) is 18.4 Å². The Morgan fingerprint density at radius 2 is 1.96 bits per heavy atom. The number of rotatable bonds is 7. The van der Waals surface area contributed by atoms with Gasteiger partial charge in [-0.25, -0.2) is 4.39 Å². The summed E-state index contributed by atoms with van der Waals surface area (Å²) < 4.78 is 23.8. The average molecular weight is 405 g/mol. The molecule has 3 rings (SSSR count). The summed E-state index contributed by atoms with van der Waals surface area (Å²) in [6, 6.07) is 2.95. The van der Waals surface area contributed by atoms with E-state index in [9.17, 15) is 14.0 Å². The minimum Gasteiger partial charge on any atom is -0.466 e. The van der Waals surface area contributed by atoms with Gasteiger partial charge in [0.1, 0.15) is 6.61 Å². The van der Waals surface area contributed by atoms with Crippen LogP contribution in [0.15, 0.2) is 12.1 Å². The van der Waals surface area contributed by atoms with Crippen LogP contribution in [0.5, 0.6) is 0 Å². The van der Waals surface area contributed by atoms with Gasteiger partial charge in [-0.1, -0.05) is 23.2 Å². The number of hydrogen-bond acceptors (Lipinski definition) is 5. The van der Waals surface area contributed by atoms with Crippen LogP contribution in [-0.2, 0) is 25.7 Å². The summed E-state index contributed by atoms with van der Waals surface area (Å²) in [6.45, 7) is 1.74. The number of amides is 1. The molecule has 26 heavy (non-hydrogen) atoms. The molecule has 1 aliphatic carbocycles. The quantitative estimate of drug-likeness (QED) is 0.555. The van der Waals surface area contributed by atoms with E-state index in [0.717, 1.165) is 0 Å². The number of nitrogens with two attached hydrogens (primary N) is 1. The molecule has 1 amide bonds. The Hall–Kier alpha value is -1.41. The van der Waals surface area contributed by atoms with Gasteiger partial charge in [-0.05, 0) is 30.5 Å². The van der Waals surface area contributed by atoms with Crippen molar-refractivity contribution in [3.8, 4) is 0 Å². The highest BCUT2D eigenvalue weighted by Gasteiger charge is 2.48. The maximum atomic E-state index is 13.4. The molecule has 1 aromatic carbocycles. The summed E-state index contributed by atoms with van der Waals surface area (Å²) in [5.41, 5.74) is 6.10. The molecule has 6 nitrogen and oxygen atoms in total. The van der Waals surface area contributed by atoms with Gasteiger partial charge in [0, 0.05) is 19.0 Å². The molecule has 0 radical (unpaired) electrons. The van der Waals surface area contributed by atoms with E-state index in [0.29, 0.717) is 38.0 Å². The molecule has 1 saturated carbocycles. The molecule has 0 spiro atoms. The summed E-state index contributed by atoms with van der Waals surface area (Å²) >= 11 is 11.5. The third-order valence-corrected chi connectivity index (χ3v) is 5.33. The van der Waals surface area contributed by atoms with E-state index in [2.05, 4.69) is 0 Å². The summed E-state index contributed by atoms with van der Waals surface area (Å²) in [5.74, 6) is -0.733. The topological polar surface area (TPSA) is 81.9 Å². The highest BCUT2D eigenvalue weighted by Crippen LogP contribution is 2.38. The molecule has 0 atom stereocenters. The lowest BCUT2D eigenvalue weighted by molar-refractivity contribution is -0.156. The van der Waals surface area contributed by atoms with Crippen LogP contribution in [0.25, 0.3) is 0 Å². The molecule has 1 saturated heterocycles. The zero-order valence-corrected chi connectivity index (χ0v) is 15.4. The zero-order valence-electron chi connectivity index (χ0n) is 13.9. The Labute approximate surface area is 160 Å². The monoisotopic (exact) mass is 404 g/mol. The largest absolute Gasteiger partial charge is 0.466 e. The van der Waals surface area contributed by atoms with Crippen LogP contribution >= 0.6 is 23.2 Å². The molecule has 142 valence electrons. The molecule has 0 unspecified atom stereocenters. The van der Waals surface area contributed by atoms with Gasteiger partial charge in [-0.3, -0.25) is 9.59 Å². The summed E-state index contributed by atoms with van der Waals surface area (Å²) in [5, 5.41) is -0.0920. The van der Waals surface area contributed by atoms with Gasteiger partial charge < -0.3 is 20.1 Å². The molecule has 0 aromatic heterocycles. The highest BCUT2D eigenvalue weighted by atomic mass is 35.5. The first kappa shape index (κ1) is 19.4. The second kappa shape index (κ2) is 7.68. The molecule has 9 heteroatoms. The fourth-order valence-electron chi connectivity index (χ4n) is 3.30. The summed E-state index contributed by atoms with van der Waals surface area (Å²) in [7, 11) is 0. The number of carbonyl (C=O) groups excluding carboxylic acids is 2. The van der Waals surface area contributed by atoms with Crippen molar-refractivity contribution in [1.82, 2.24) is 4.90 Å². The number of halogens is 3. The van der Waals surface area contributed by atoms with Gasteiger partial charge in [-0.15, -0.1) is 0 Å². The average Bonchev–Trinajstić information content (AvgIpc) is 2.53. The summed E-state index contributed by atoms with van der Waals surface area (Å²) in [6.07, 6.45) is 0.936. The first-order valence-electron chi connectivity index (χ1n) is 8.19. The third kappa shape index (κ3) is 4.11. The highest BCUT2D eigenvalue weighted by molar-refractivity contribution is 6.34. The molecule has 2 aliphatic rings. The molecule has 2 fully saturated rings. The lowest BCUT2D eigenvalue weighted by Gasteiger charge is -2.48. The first-order chi connectivity index (χ1) is 12.3. The van der Waals surface area contributed by atoms with Crippen molar-refractivity contribution in [2.45, 2.75) is 31.1 Å². The van der Waals surface area contributed by atoms with Gasteiger partial charge >= 0.3 is 0 Å². The number of hydrogen-bond donors (Lipinski definition) is 1. The molecular weight excluding hydrogens is 386 g/mol. The smallest absolute Gasteiger partial charge is 0.293 e. The first-order valence-corrected chi connectivity index (χ1v) is 8.95. The van der Waals surface area contributed by atoms with E-state index >= 15 is 0 Å². The third-order valence-electron chi connectivity index (χ3n) is 4.78. The predicted molar refractivity (Wildman–Crippen MR) is 93.2 cm³/mol. The number of likely N-dealkylation sites (tertiary alicyclic amines) is 1. The zero-order chi connectivity index (χ0) is 18.9. The van der Waals surface area contributed by atoms with Crippen LogP contribution in [0.4, 0.5) is 4.39 Å². The SMILES string of the molecule is NC1(COC=O)CC(C(=O)N2CC(OCc3cc(Cl)c(F)c(Cl)c3)C2)C1. The van der Waals surface area contributed by atoms with Crippen molar-refractivity contribution in [3.63, 3.8) is 0 Å². The van der Waals surface area contributed by atoms with Crippen molar-refractivity contribution in [2.75, 3.05) is 19.7 Å². The van der Waals surface area contributed by atoms with Gasteiger partial charge in [0.25, 0.3) is 6.47 Å². The van der Waals surface area contributed by atoms with Gasteiger partial charge in [0.2, 0.25) is 5.91 Å². The molecule has 1 aliphatic heterocycles. The fraction of sp³-hybridized carbons (Fsp3) is 0.529. The van der Waals surface area contributed by atoms with Crippen LogP contribution in [0.2, 0.25) is 10.0 Å². The number of ether oxygens (including phenoxy) is 2. The molecule has 1 heterocycles. The van der Waals surface area contributed by atoms with Crippen LogP contribution in [0.3, 0.4) is 0 Å². The Morgan fingerprint density at radius 1 is 1.35 bits per heavy atom. The molecule has 1 aromatic rings. The van der Waals surface area contributed by atoms with E-state index in [1.54, 1.807) is 4.90 Å². The lowest BCUT2D eigenvalue weighted by Crippen LogP contribution is -2.63. The normalized spacial score (nSPS) is 25.4. The van der Waals surface area contributed by atoms with E-state index in [-0.39, 0.29) is 41.2 Å². The number of nitrogens with zero attached hydrogens (tertiary/aromatic N) is 1.